The van der Waals surface area contributed by atoms with Crippen molar-refractivity contribution in [1.29, 1.82) is 0 Å². The molecule has 0 bridgehead atoms. The van der Waals surface area contributed by atoms with Crippen molar-refractivity contribution in [3.63, 3.8) is 0 Å². The molecule has 0 saturated carbocycles. The van der Waals surface area contributed by atoms with Crippen molar-refractivity contribution in [2.24, 2.45) is 5.92 Å². The summed E-state index contributed by atoms with van der Waals surface area (Å²) in [5.74, 6) is 0.536. The second kappa shape index (κ2) is 4.77. The van der Waals surface area contributed by atoms with E-state index in [1.54, 1.807) is 6.92 Å². The van der Waals surface area contributed by atoms with Crippen LogP contribution in [-0.2, 0) is 4.79 Å². The molecule has 0 fully saturated rings. The summed E-state index contributed by atoms with van der Waals surface area (Å²) in [6, 6.07) is -0.381. The van der Waals surface area contributed by atoms with Crippen LogP contribution in [0.4, 0.5) is 5.95 Å². The number of anilines is 1. The van der Waals surface area contributed by atoms with Gasteiger partial charge in [0.15, 0.2) is 0 Å². The van der Waals surface area contributed by atoms with E-state index in [2.05, 4.69) is 15.4 Å². The first kappa shape index (κ1) is 11.5. The predicted molar refractivity (Wildman–Crippen MR) is 57.0 cm³/mol. The zero-order chi connectivity index (χ0) is 11.4. The number of nitrogens with two attached hydrogens (primary N) is 1. The number of hydrogen-bond acceptors (Lipinski definition) is 4. The van der Waals surface area contributed by atoms with E-state index in [-0.39, 0.29) is 17.9 Å². The summed E-state index contributed by atoms with van der Waals surface area (Å²) in [5.41, 5.74) is 5.36. The lowest BCUT2D eigenvalue weighted by Gasteiger charge is -2.13. The van der Waals surface area contributed by atoms with Crippen LogP contribution in [0.5, 0.6) is 0 Å². The van der Waals surface area contributed by atoms with Crippen LogP contribution in [0.3, 0.4) is 0 Å². The van der Waals surface area contributed by atoms with E-state index in [4.69, 9.17) is 5.73 Å². The minimum absolute atomic E-state index is 0.0754. The van der Waals surface area contributed by atoms with E-state index in [0.717, 1.165) is 0 Å². The molecule has 84 valence electrons. The summed E-state index contributed by atoms with van der Waals surface area (Å²) in [5, 5.41) is 6.70. The highest BCUT2D eigenvalue weighted by Crippen LogP contribution is 2.04. The summed E-state index contributed by atoms with van der Waals surface area (Å²) >= 11 is 0. The molecule has 1 atom stereocenters. The van der Waals surface area contributed by atoms with Gasteiger partial charge in [-0.05, 0) is 12.8 Å². The van der Waals surface area contributed by atoms with Crippen molar-refractivity contribution in [2.75, 3.05) is 12.3 Å². The van der Waals surface area contributed by atoms with Gasteiger partial charge in [0.25, 0.3) is 0 Å². The third kappa shape index (κ3) is 3.23. The smallest absolute Gasteiger partial charge is 0.244 e. The molecule has 0 radical (unpaired) electrons. The highest BCUT2D eigenvalue weighted by atomic mass is 16.2. The highest BCUT2D eigenvalue weighted by Gasteiger charge is 2.15. The molecule has 3 N–H and O–H groups in total. The molecule has 0 spiro atoms. The summed E-state index contributed by atoms with van der Waals surface area (Å²) in [6.45, 7) is 6.49. The molecule has 1 heterocycles. The van der Waals surface area contributed by atoms with Crippen LogP contribution in [0, 0.1) is 5.92 Å². The van der Waals surface area contributed by atoms with Crippen LogP contribution >= 0.6 is 0 Å². The third-order valence-corrected chi connectivity index (χ3v) is 1.99. The van der Waals surface area contributed by atoms with Gasteiger partial charge in [-0.3, -0.25) is 4.79 Å². The normalized spacial score (nSPS) is 12.8. The number of aromatic nitrogens is 3. The number of carbonyl (C=O) groups excluding carboxylic acids is 1. The Morgan fingerprint density at radius 3 is 2.73 bits per heavy atom. The van der Waals surface area contributed by atoms with Gasteiger partial charge in [-0.1, -0.05) is 13.8 Å². The van der Waals surface area contributed by atoms with E-state index >= 15 is 0 Å². The van der Waals surface area contributed by atoms with Gasteiger partial charge in [-0.25, -0.2) is 9.67 Å². The standard InChI is InChI=1S/C9H17N5O/c1-6(2)4-11-8(15)7(3)14-5-12-9(10)13-14/h5-7H,4H2,1-3H3,(H2,10,13)(H,11,15). The molecule has 15 heavy (non-hydrogen) atoms. The maximum atomic E-state index is 11.6. The number of nitrogens with one attached hydrogen (secondary N) is 1. The van der Waals surface area contributed by atoms with E-state index in [1.807, 2.05) is 13.8 Å². The Labute approximate surface area is 88.9 Å². The first-order valence-electron chi connectivity index (χ1n) is 4.95. The van der Waals surface area contributed by atoms with Crippen LogP contribution < -0.4 is 11.1 Å². The topological polar surface area (TPSA) is 85.8 Å². The number of nitrogens with zero attached hydrogens (tertiary/aromatic N) is 3. The Balaban J connectivity index is 2.53. The van der Waals surface area contributed by atoms with E-state index < -0.39 is 0 Å². The van der Waals surface area contributed by atoms with Crippen molar-refractivity contribution in [3.05, 3.63) is 6.33 Å². The molecular weight excluding hydrogens is 194 g/mol. The molecule has 1 amide bonds. The molecular formula is C9H17N5O. The van der Waals surface area contributed by atoms with Crippen molar-refractivity contribution >= 4 is 11.9 Å². The van der Waals surface area contributed by atoms with Crippen LogP contribution in [0.25, 0.3) is 0 Å². The molecule has 0 aliphatic carbocycles. The summed E-state index contributed by atoms with van der Waals surface area (Å²) < 4.78 is 1.45. The van der Waals surface area contributed by atoms with Gasteiger partial charge in [0.05, 0.1) is 0 Å². The number of rotatable bonds is 4. The van der Waals surface area contributed by atoms with Crippen LogP contribution in [0.2, 0.25) is 0 Å². The molecule has 0 aliphatic rings. The first-order valence-corrected chi connectivity index (χ1v) is 4.95. The molecule has 6 nitrogen and oxygen atoms in total. The van der Waals surface area contributed by atoms with Crippen molar-refractivity contribution in [1.82, 2.24) is 20.1 Å². The van der Waals surface area contributed by atoms with Gasteiger partial charge in [0.1, 0.15) is 12.4 Å². The molecule has 1 aromatic rings. The molecule has 1 rings (SSSR count). The lowest BCUT2D eigenvalue weighted by molar-refractivity contribution is -0.124. The number of nitrogen functional groups attached to an aromatic ring is 1. The molecule has 0 saturated heterocycles. The van der Waals surface area contributed by atoms with Crippen LogP contribution in [-0.4, -0.2) is 27.2 Å². The van der Waals surface area contributed by atoms with Crippen molar-refractivity contribution in [2.45, 2.75) is 26.8 Å². The highest BCUT2D eigenvalue weighted by molar-refractivity contribution is 5.79. The molecule has 0 aromatic carbocycles. The average Bonchev–Trinajstić information content (AvgIpc) is 2.60. The Bertz CT molecular complexity index is 333. The fourth-order valence-corrected chi connectivity index (χ4v) is 1.05. The van der Waals surface area contributed by atoms with Gasteiger partial charge in [-0.15, -0.1) is 5.10 Å². The van der Waals surface area contributed by atoms with Gasteiger partial charge in [-0.2, -0.15) is 0 Å². The van der Waals surface area contributed by atoms with Crippen molar-refractivity contribution < 1.29 is 4.79 Å². The zero-order valence-electron chi connectivity index (χ0n) is 9.27. The lowest BCUT2D eigenvalue weighted by Crippen LogP contribution is -2.33. The molecule has 0 aliphatic heterocycles. The quantitative estimate of drug-likeness (QED) is 0.744. The fraction of sp³-hybridized carbons (Fsp3) is 0.667. The lowest BCUT2D eigenvalue weighted by atomic mass is 10.2. The second-order valence-corrected chi connectivity index (χ2v) is 3.90. The minimum atomic E-state index is -0.381. The number of hydrogen-bond donors (Lipinski definition) is 2. The molecule has 1 aromatic heterocycles. The number of amides is 1. The Morgan fingerprint density at radius 1 is 1.60 bits per heavy atom. The molecule has 6 heteroatoms. The van der Waals surface area contributed by atoms with E-state index in [9.17, 15) is 4.79 Å². The number of carbonyl (C=O) groups is 1. The monoisotopic (exact) mass is 211 g/mol. The zero-order valence-corrected chi connectivity index (χ0v) is 9.27. The Kier molecular flexibility index (Phi) is 3.65. The Morgan fingerprint density at radius 2 is 2.27 bits per heavy atom. The predicted octanol–water partition coefficient (Wildman–Crippen LogP) is 0.194. The minimum Gasteiger partial charge on any atom is -0.367 e. The van der Waals surface area contributed by atoms with Gasteiger partial charge in [0.2, 0.25) is 11.9 Å². The van der Waals surface area contributed by atoms with Crippen molar-refractivity contribution in [3.8, 4) is 0 Å². The molecule has 1 unspecified atom stereocenters. The average molecular weight is 211 g/mol. The Hall–Kier alpha value is -1.59. The fourth-order valence-electron chi connectivity index (χ4n) is 1.05. The summed E-state index contributed by atoms with van der Waals surface area (Å²) in [6.07, 6.45) is 1.45. The maximum absolute atomic E-state index is 11.6. The largest absolute Gasteiger partial charge is 0.367 e. The first-order chi connectivity index (χ1) is 7.00. The summed E-state index contributed by atoms with van der Waals surface area (Å²) in [7, 11) is 0. The van der Waals surface area contributed by atoms with Gasteiger partial charge >= 0.3 is 0 Å². The van der Waals surface area contributed by atoms with E-state index in [0.29, 0.717) is 12.5 Å². The summed E-state index contributed by atoms with van der Waals surface area (Å²) in [4.78, 5) is 15.4. The van der Waals surface area contributed by atoms with Gasteiger partial charge < -0.3 is 11.1 Å². The third-order valence-electron chi connectivity index (χ3n) is 1.99. The van der Waals surface area contributed by atoms with Crippen LogP contribution in [0.1, 0.15) is 26.8 Å². The van der Waals surface area contributed by atoms with Gasteiger partial charge in [0, 0.05) is 6.54 Å². The second-order valence-electron chi connectivity index (χ2n) is 3.90. The SMILES string of the molecule is CC(C)CNC(=O)C(C)n1cnc(N)n1. The maximum Gasteiger partial charge on any atom is 0.244 e. The van der Waals surface area contributed by atoms with Crippen LogP contribution in [0.15, 0.2) is 6.33 Å². The van der Waals surface area contributed by atoms with E-state index in [1.165, 1.54) is 11.0 Å².